The van der Waals surface area contributed by atoms with E-state index in [1.807, 2.05) is 23.7 Å². The first-order valence-electron chi connectivity index (χ1n) is 9.43. The molecule has 5 nitrogen and oxygen atoms in total. The van der Waals surface area contributed by atoms with Gasteiger partial charge >= 0.3 is 0 Å². The molecule has 0 aliphatic carbocycles. The SMILES string of the molecule is CCNC(=NCCc1ccncc1C)N1CCN(Cc2cccs2)CC1.I. The molecule has 1 N–H and O–H groups in total. The maximum absolute atomic E-state index is 4.87. The van der Waals surface area contributed by atoms with E-state index >= 15 is 0 Å². The normalized spacial score (nSPS) is 15.5. The van der Waals surface area contributed by atoms with Crippen LogP contribution >= 0.6 is 35.3 Å². The van der Waals surface area contributed by atoms with Gasteiger partial charge in [0, 0.05) is 63.1 Å². The largest absolute Gasteiger partial charge is 0.357 e. The molecule has 0 spiro atoms. The van der Waals surface area contributed by atoms with E-state index in [4.69, 9.17) is 4.99 Å². The number of nitrogens with zero attached hydrogens (tertiary/aromatic N) is 4. The molecule has 1 saturated heterocycles. The number of hydrogen-bond donors (Lipinski definition) is 1. The van der Waals surface area contributed by atoms with Crippen molar-refractivity contribution in [1.82, 2.24) is 20.1 Å². The van der Waals surface area contributed by atoms with Gasteiger partial charge in [-0.2, -0.15) is 0 Å². The number of piperazine rings is 1. The molecule has 0 atom stereocenters. The number of aryl methyl sites for hydroxylation is 1. The molecule has 1 aliphatic rings. The van der Waals surface area contributed by atoms with Crippen LogP contribution in [0.3, 0.4) is 0 Å². The van der Waals surface area contributed by atoms with Crippen molar-refractivity contribution in [2.75, 3.05) is 39.3 Å². The van der Waals surface area contributed by atoms with Crippen LogP contribution in [0.2, 0.25) is 0 Å². The summed E-state index contributed by atoms with van der Waals surface area (Å²) in [5.74, 6) is 1.05. The van der Waals surface area contributed by atoms with Crippen molar-refractivity contribution in [3.8, 4) is 0 Å². The third kappa shape index (κ3) is 6.73. The first-order valence-corrected chi connectivity index (χ1v) is 10.3. The van der Waals surface area contributed by atoms with Crippen molar-refractivity contribution < 1.29 is 0 Å². The lowest BCUT2D eigenvalue weighted by Crippen LogP contribution is -2.52. The van der Waals surface area contributed by atoms with Gasteiger partial charge in [0.1, 0.15) is 0 Å². The van der Waals surface area contributed by atoms with Crippen LogP contribution in [0.1, 0.15) is 22.9 Å². The van der Waals surface area contributed by atoms with Crippen LogP contribution in [-0.4, -0.2) is 60.0 Å². The maximum Gasteiger partial charge on any atom is 0.194 e. The molecule has 1 fully saturated rings. The number of hydrogen-bond acceptors (Lipinski definition) is 4. The van der Waals surface area contributed by atoms with E-state index in [0.717, 1.165) is 58.2 Å². The Morgan fingerprint density at radius 2 is 2.07 bits per heavy atom. The van der Waals surface area contributed by atoms with Crippen LogP contribution in [0, 0.1) is 6.92 Å². The van der Waals surface area contributed by atoms with Crippen LogP contribution in [0.5, 0.6) is 0 Å². The second-order valence-electron chi connectivity index (χ2n) is 6.63. The Kier molecular flexibility index (Phi) is 9.50. The number of rotatable bonds is 6. The van der Waals surface area contributed by atoms with E-state index < -0.39 is 0 Å². The molecule has 2 aromatic rings. The Morgan fingerprint density at radius 1 is 1.26 bits per heavy atom. The summed E-state index contributed by atoms with van der Waals surface area (Å²) in [5.41, 5.74) is 2.58. The van der Waals surface area contributed by atoms with Crippen molar-refractivity contribution in [2.45, 2.75) is 26.8 Å². The summed E-state index contributed by atoms with van der Waals surface area (Å²) in [6, 6.07) is 6.46. The molecule has 0 radical (unpaired) electrons. The van der Waals surface area contributed by atoms with Gasteiger partial charge in [-0.25, -0.2) is 0 Å². The highest BCUT2D eigenvalue weighted by Gasteiger charge is 2.19. The Bertz CT molecular complexity index is 696. The standard InChI is InChI=1S/C20H29N5S.HI/c1-3-22-20(23-9-7-18-6-8-21-15-17(18)2)25-12-10-24(11-13-25)16-19-5-4-14-26-19;/h4-6,8,14-15H,3,7,9-13,16H2,1-2H3,(H,22,23);1H. The quantitative estimate of drug-likeness (QED) is 0.376. The zero-order chi connectivity index (χ0) is 18.2. The summed E-state index contributed by atoms with van der Waals surface area (Å²) in [7, 11) is 0. The number of pyridine rings is 1. The van der Waals surface area contributed by atoms with Gasteiger partial charge in [-0.1, -0.05) is 6.07 Å². The average molecular weight is 499 g/mol. The van der Waals surface area contributed by atoms with Gasteiger partial charge in [-0.05, 0) is 48.9 Å². The molecule has 2 aromatic heterocycles. The Hall–Kier alpha value is -1.19. The highest BCUT2D eigenvalue weighted by atomic mass is 127. The van der Waals surface area contributed by atoms with Crippen LogP contribution in [0.25, 0.3) is 0 Å². The number of aromatic nitrogens is 1. The molecule has 7 heteroatoms. The van der Waals surface area contributed by atoms with Crippen molar-refractivity contribution in [3.63, 3.8) is 0 Å². The fourth-order valence-corrected chi connectivity index (χ4v) is 3.98. The van der Waals surface area contributed by atoms with Crippen molar-refractivity contribution in [3.05, 3.63) is 52.0 Å². The van der Waals surface area contributed by atoms with Gasteiger partial charge in [-0.3, -0.25) is 14.9 Å². The second kappa shape index (κ2) is 11.6. The molecule has 3 rings (SSSR count). The molecule has 27 heavy (non-hydrogen) atoms. The summed E-state index contributed by atoms with van der Waals surface area (Å²) in [6.45, 7) is 11.3. The minimum absolute atomic E-state index is 0. The topological polar surface area (TPSA) is 43.8 Å². The van der Waals surface area contributed by atoms with E-state index in [0.29, 0.717) is 0 Å². The van der Waals surface area contributed by atoms with Gasteiger partial charge in [0.15, 0.2) is 5.96 Å². The zero-order valence-corrected chi connectivity index (χ0v) is 19.4. The molecule has 148 valence electrons. The predicted octanol–water partition coefficient (Wildman–Crippen LogP) is 3.40. The van der Waals surface area contributed by atoms with E-state index in [2.05, 4.69) is 57.5 Å². The molecule has 0 saturated carbocycles. The van der Waals surface area contributed by atoms with Crippen molar-refractivity contribution >= 4 is 41.3 Å². The average Bonchev–Trinajstić information content (AvgIpc) is 3.16. The first kappa shape index (κ1) is 22.1. The smallest absolute Gasteiger partial charge is 0.194 e. The Balaban J connectivity index is 0.00000261. The first-order chi connectivity index (χ1) is 12.8. The number of guanidine groups is 1. The van der Waals surface area contributed by atoms with Crippen LogP contribution in [-0.2, 0) is 13.0 Å². The summed E-state index contributed by atoms with van der Waals surface area (Å²) in [4.78, 5) is 15.4. The van der Waals surface area contributed by atoms with E-state index in [1.54, 1.807) is 0 Å². The van der Waals surface area contributed by atoms with Gasteiger partial charge in [0.05, 0.1) is 0 Å². The summed E-state index contributed by atoms with van der Waals surface area (Å²) < 4.78 is 0. The van der Waals surface area contributed by atoms with Crippen LogP contribution < -0.4 is 5.32 Å². The predicted molar refractivity (Wildman–Crippen MR) is 125 cm³/mol. The molecule has 0 aromatic carbocycles. The van der Waals surface area contributed by atoms with Crippen LogP contribution in [0.4, 0.5) is 0 Å². The van der Waals surface area contributed by atoms with Gasteiger partial charge < -0.3 is 10.2 Å². The van der Waals surface area contributed by atoms with Gasteiger partial charge in [-0.15, -0.1) is 35.3 Å². The summed E-state index contributed by atoms with van der Waals surface area (Å²) in [6.07, 6.45) is 4.75. The second-order valence-corrected chi connectivity index (χ2v) is 7.66. The fourth-order valence-electron chi connectivity index (χ4n) is 3.23. The lowest BCUT2D eigenvalue weighted by Gasteiger charge is -2.36. The summed E-state index contributed by atoms with van der Waals surface area (Å²) in [5, 5.41) is 5.62. The van der Waals surface area contributed by atoms with Crippen molar-refractivity contribution in [2.24, 2.45) is 4.99 Å². The highest BCUT2D eigenvalue weighted by Crippen LogP contribution is 2.13. The van der Waals surface area contributed by atoms with E-state index in [9.17, 15) is 0 Å². The minimum atomic E-state index is 0. The van der Waals surface area contributed by atoms with E-state index in [1.165, 1.54) is 16.0 Å². The Morgan fingerprint density at radius 3 is 2.74 bits per heavy atom. The van der Waals surface area contributed by atoms with Gasteiger partial charge in [0.25, 0.3) is 0 Å². The molecule has 0 amide bonds. The number of thiophene rings is 1. The van der Waals surface area contributed by atoms with E-state index in [-0.39, 0.29) is 24.0 Å². The maximum atomic E-state index is 4.87. The molecule has 1 aliphatic heterocycles. The highest BCUT2D eigenvalue weighted by molar-refractivity contribution is 14.0. The number of halogens is 1. The molecule has 0 bridgehead atoms. The lowest BCUT2D eigenvalue weighted by atomic mass is 10.1. The molecular formula is C20H30IN5S. The lowest BCUT2D eigenvalue weighted by molar-refractivity contribution is 0.173. The molecular weight excluding hydrogens is 469 g/mol. The Labute approximate surface area is 183 Å². The molecule has 3 heterocycles. The number of aliphatic imine (C=N–C) groups is 1. The van der Waals surface area contributed by atoms with Gasteiger partial charge in [0.2, 0.25) is 0 Å². The monoisotopic (exact) mass is 499 g/mol. The third-order valence-corrected chi connectivity index (χ3v) is 5.61. The molecule has 0 unspecified atom stereocenters. The summed E-state index contributed by atoms with van der Waals surface area (Å²) >= 11 is 1.85. The zero-order valence-electron chi connectivity index (χ0n) is 16.2. The fraction of sp³-hybridized carbons (Fsp3) is 0.500. The number of nitrogens with one attached hydrogen (secondary N) is 1. The minimum Gasteiger partial charge on any atom is -0.357 e. The van der Waals surface area contributed by atoms with Crippen molar-refractivity contribution in [1.29, 1.82) is 0 Å². The van der Waals surface area contributed by atoms with Crippen LogP contribution in [0.15, 0.2) is 41.0 Å². The third-order valence-electron chi connectivity index (χ3n) is 4.75.